The number of pyridine rings is 1. The summed E-state index contributed by atoms with van der Waals surface area (Å²) in [4.78, 5) is 7.35. The molecule has 10 aromatic rings. The molecule has 0 saturated carbocycles. The maximum absolute atomic E-state index is 6.22. The van der Waals surface area contributed by atoms with Crippen LogP contribution in [0.25, 0.3) is 76.8 Å². The third-order valence-corrected chi connectivity index (χ3v) is 9.80. The highest BCUT2D eigenvalue weighted by Gasteiger charge is 2.16. The molecular weight excluding hydrogens is 609 g/mol. The first-order chi connectivity index (χ1) is 24.7. The minimum absolute atomic E-state index is 0.793. The van der Waals surface area contributed by atoms with E-state index in [0.717, 1.165) is 50.0 Å². The minimum Gasteiger partial charge on any atom is -0.454 e. The Labute approximate surface area is 289 Å². The van der Waals surface area contributed by atoms with Gasteiger partial charge in [-0.2, -0.15) is 0 Å². The molecule has 0 N–H and O–H groups in total. The van der Waals surface area contributed by atoms with Crippen LogP contribution in [0, 0.1) is 0 Å². The van der Waals surface area contributed by atoms with E-state index in [2.05, 4.69) is 169 Å². The first-order valence-corrected chi connectivity index (χ1v) is 16.9. The monoisotopic (exact) mass is 638 g/mol. The number of para-hydroxylation sites is 1. The zero-order chi connectivity index (χ0) is 33.0. The number of hydrogen-bond acceptors (Lipinski definition) is 3. The van der Waals surface area contributed by atoms with Crippen LogP contribution in [-0.4, -0.2) is 4.98 Å². The Hall–Kier alpha value is -6.71. The first-order valence-electron chi connectivity index (χ1n) is 16.9. The molecule has 0 unspecified atom stereocenters. The van der Waals surface area contributed by atoms with Gasteiger partial charge < -0.3 is 9.32 Å². The van der Waals surface area contributed by atoms with Crippen molar-refractivity contribution in [1.29, 1.82) is 0 Å². The summed E-state index contributed by atoms with van der Waals surface area (Å²) >= 11 is 0. The fourth-order valence-corrected chi connectivity index (χ4v) is 7.21. The molecule has 50 heavy (non-hydrogen) atoms. The number of benzene rings is 8. The molecule has 8 aromatic carbocycles. The van der Waals surface area contributed by atoms with Crippen LogP contribution in [0.1, 0.15) is 0 Å². The van der Waals surface area contributed by atoms with Crippen molar-refractivity contribution in [2.75, 3.05) is 4.90 Å². The fourth-order valence-electron chi connectivity index (χ4n) is 7.21. The molecule has 10 rings (SSSR count). The van der Waals surface area contributed by atoms with Crippen LogP contribution in [0.5, 0.6) is 0 Å². The SMILES string of the molecule is c1ccc2cc(-c3ccc(N(c4ccc(-c5ccc6ccccc6c5)cc4)c4ccc5nc6c(cc5c4)oc4ccccc46)cc3)ccc2c1. The Morgan fingerprint density at radius 2 is 0.880 bits per heavy atom. The van der Waals surface area contributed by atoms with E-state index in [9.17, 15) is 0 Å². The van der Waals surface area contributed by atoms with Crippen LogP contribution in [0.15, 0.2) is 186 Å². The van der Waals surface area contributed by atoms with Gasteiger partial charge in [-0.3, -0.25) is 0 Å². The molecule has 3 nitrogen and oxygen atoms in total. The van der Waals surface area contributed by atoms with Gasteiger partial charge in [0.2, 0.25) is 0 Å². The normalized spacial score (nSPS) is 11.6. The summed E-state index contributed by atoms with van der Waals surface area (Å²) in [6.07, 6.45) is 0. The standard InChI is InChI=1S/C47H30N2O/c1-3-9-35-27-37(15-13-31(35)7-1)33-17-21-40(22-18-33)49(41-23-19-34(20-24-41)38-16-14-32-8-2-4-10-36(32)28-38)42-25-26-44-39(29-42)30-46-47(48-44)43-11-5-6-12-45(43)50-46/h1-30H. The van der Waals surface area contributed by atoms with E-state index in [1.165, 1.54) is 43.8 Å². The van der Waals surface area contributed by atoms with Crippen LogP contribution in [-0.2, 0) is 0 Å². The molecule has 0 atom stereocenters. The van der Waals surface area contributed by atoms with Gasteiger partial charge in [0, 0.05) is 27.8 Å². The van der Waals surface area contributed by atoms with Gasteiger partial charge >= 0.3 is 0 Å². The predicted molar refractivity (Wildman–Crippen MR) is 210 cm³/mol. The Morgan fingerprint density at radius 1 is 0.360 bits per heavy atom. The maximum Gasteiger partial charge on any atom is 0.154 e. The van der Waals surface area contributed by atoms with Gasteiger partial charge in [0.05, 0.1) is 5.52 Å². The third kappa shape index (κ3) is 4.87. The van der Waals surface area contributed by atoms with Crippen molar-refractivity contribution in [3.05, 3.63) is 182 Å². The van der Waals surface area contributed by atoms with Gasteiger partial charge in [-0.1, -0.05) is 109 Å². The summed E-state index contributed by atoms with van der Waals surface area (Å²) < 4.78 is 6.22. The number of furan rings is 1. The number of anilines is 3. The number of hydrogen-bond donors (Lipinski definition) is 0. The maximum atomic E-state index is 6.22. The lowest BCUT2D eigenvalue weighted by Crippen LogP contribution is -2.10. The van der Waals surface area contributed by atoms with Gasteiger partial charge in [0.25, 0.3) is 0 Å². The van der Waals surface area contributed by atoms with Crippen molar-refractivity contribution in [3.63, 3.8) is 0 Å². The quantitative estimate of drug-likeness (QED) is 0.188. The lowest BCUT2D eigenvalue weighted by Gasteiger charge is -2.26. The Kier molecular flexibility index (Phi) is 6.49. The van der Waals surface area contributed by atoms with Crippen molar-refractivity contribution in [2.24, 2.45) is 0 Å². The molecule has 0 aliphatic carbocycles. The predicted octanol–water partition coefficient (Wildman–Crippen LogP) is 13.2. The van der Waals surface area contributed by atoms with E-state index in [1.807, 2.05) is 18.2 Å². The molecule has 0 fully saturated rings. The second-order valence-electron chi connectivity index (χ2n) is 12.9. The van der Waals surface area contributed by atoms with Gasteiger partial charge in [-0.15, -0.1) is 0 Å². The van der Waals surface area contributed by atoms with Crippen molar-refractivity contribution in [2.45, 2.75) is 0 Å². The third-order valence-electron chi connectivity index (χ3n) is 9.80. The number of rotatable bonds is 5. The Bertz CT molecular complexity index is 2750. The highest BCUT2D eigenvalue weighted by molar-refractivity contribution is 6.06. The van der Waals surface area contributed by atoms with Crippen LogP contribution < -0.4 is 4.90 Å². The summed E-state index contributed by atoms with van der Waals surface area (Å²) in [5.41, 5.74) is 11.4. The zero-order valence-electron chi connectivity index (χ0n) is 27.1. The smallest absolute Gasteiger partial charge is 0.154 e. The van der Waals surface area contributed by atoms with Gasteiger partial charge in [-0.25, -0.2) is 4.98 Å². The average Bonchev–Trinajstić information content (AvgIpc) is 3.54. The second kappa shape index (κ2) is 11.5. The Balaban J connectivity index is 1.08. The molecule has 0 aliphatic heterocycles. The molecule has 2 aromatic heterocycles. The summed E-state index contributed by atoms with van der Waals surface area (Å²) in [6, 6.07) is 64.8. The zero-order valence-corrected chi connectivity index (χ0v) is 27.1. The molecule has 0 aliphatic rings. The number of nitrogens with zero attached hydrogens (tertiary/aromatic N) is 2. The molecule has 0 radical (unpaired) electrons. The molecule has 0 bridgehead atoms. The molecule has 0 amide bonds. The van der Waals surface area contributed by atoms with E-state index in [0.29, 0.717) is 0 Å². The minimum atomic E-state index is 0.793. The first kappa shape index (κ1) is 28.3. The lowest BCUT2D eigenvalue weighted by atomic mass is 10.00. The van der Waals surface area contributed by atoms with E-state index in [4.69, 9.17) is 9.40 Å². The van der Waals surface area contributed by atoms with E-state index in [-0.39, 0.29) is 0 Å². The Morgan fingerprint density at radius 3 is 1.50 bits per heavy atom. The molecule has 2 heterocycles. The molecule has 3 heteroatoms. The van der Waals surface area contributed by atoms with Gasteiger partial charge in [0.1, 0.15) is 11.1 Å². The van der Waals surface area contributed by atoms with Crippen LogP contribution in [0.2, 0.25) is 0 Å². The molecule has 0 spiro atoms. The average molecular weight is 639 g/mol. The highest BCUT2D eigenvalue weighted by atomic mass is 16.3. The summed E-state index contributed by atoms with van der Waals surface area (Å²) in [5.74, 6) is 0. The molecule has 0 saturated heterocycles. The van der Waals surface area contributed by atoms with Crippen molar-refractivity contribution in [1.82, 2.24) is 4.98 Å². The van der Waals surface area contributed by atoms with Crippen LogP contribution in [0.4, 0.5) is 17.1 Å². The van der Waals surface area contributed by atoms with Crippen molar-refractivity contribution in [3.8, 4) is 22.3 Å². The van der Waals surface area contributed by atoms with Crippen LogP contribution in [0.3, 0.4) is 0 Å². The second-order valence-corrected chi connectivity index (χ2v) is 12.9. The number of aromatic nitrogens is 1. The highest BCUT2D eigenvalue weighted by Crippen LogP contribution is 2.39. The number of fused-ring (bicyclic) bond motifs is 6. The topological polar surface area (TPSA) is 29.3 Å². The van der Waals surface area contributed by atoms with Crippen molar-refractivity contribution < 1.29 is 4.42 Å². The fraction of sp³-hybridized carbons (Fsp3) is 0. The van der Waals surface area contributed by atoms with E-state index >= 15 is 0 Å². The van der Waals surface area contributed by atoms with E-state index < -0.39 is 0 Å². The summed E-state index contributed by atoms with van der Waals surface area (Å²) in [6.45, 7) is 0. The van der Waals surface area contributed by atoms with Gasteiger partial charge in [-0.05, 0) is 117 Å². The summed E-state index contributed by atoms with van der Waals surface area (Å²) in [5, 5.41) is 7.04. The summed E-state index contributed by atoms with van der Waals surface area (Å²) in [7, 11) is 0. The lowest BCUT2D eigenvalue weighted by molar-refractivity contribution is 0.669. The van der Waals surface area contributed by atoms with Crippen LogP contribution >= 0.6 is 0 Å². The van der Waals surface area contributed by atoms with Crippen molar-refractivity contribution >= 4 is 71.6 Å². The van der Waals surface area contributed by atoms with Gasteiger partial charge in [0.15, 0.2) is 5.58 Å². The molecular formula is C47H30N2O. The largest absolute Gasteiger partial charge is 0.454 e. The van der Waals surface area contributed by atoms with E-state index in [1.54, 1.807) is 0 Å². The molecule has 234 valence electrons.